The van der Waals surface area contributed by atoms with Gasteiger partial charge in [-0.3, -0.25) is 4.79 Å². The van der Waals surface area contributed by atoms with E-state index in [1.165, 1.54) is 10.7 Å². The van der Waals surface area contributed by atoms with Gasteiger partial charge in [0, 0.05) is 26.2 Å². The van der Waals surface area contributed by atoms with Gasteiger partial charge in [0.2, 0.25) is 15.9 Å². The monoisotopic (exact) mass is 457 g/mol. The van der Waals surface area contributed by atoms with E-state index < -0.39 is 10.0 Å². The first kappa shape index (κ1) is 22.8. The number of amides is 1. The number of nitrogens with one attached hydrogen (secondary N) is 1. The number of ether oxygens (including phenoxy) is 1. The number of rotatable bonds is 6. The van der Waals surface area contributed by atoms with Crippen LogP contribution >= 0.6 is 0 Å². The smallest absolute Gasteiger partial charge is 0.243 e. The summed E-state index contributed by atoms with van der Waals surface area (Å²) in [6.45, 7) is 5.27. The first-order chi connectivity index (χ1) is 15.4. The maximum absolute atomic E-state index is 13.2. The van der Waals surface area contributed by atoms with E-state index >= 15 is 0 Å². The number of benzene rings is 2. The molecule has 2 aromatic rings. The molecule has 0 unspecified atom stereocenters. The molecule has 7 nitrogen and oxygen atoms in total. The van der Waals surface area contributed by atoms with Gasteiger partial charge in [-0.15, -0.1) is 0 Å². The van der Waals surface area contributed by atoms with Crippen molar-refractivity contribution in [2.45, 2.75) is 37.5 Å². The molecule has 172 valence electrons. The van der Waals surface area contributed by atoms with Crippen molar-refractivity contribution in [2.24, 2.45) is 0 Å². The third-order valence-corrected chi connectivity index (χ3v) is 7.93. The fourth-order valence-corrected chi connectivity index (χ4v) is 5.64. The Kier molecular flexibility index (Phi) is 7.13. The molecule has 0 aliphatic carbocycles. The van der Waals surface area contributed by atoms with Crippen molar-refractivity contribution in [1.29, 1.82) is 0 Å². The van der Waals surface area contributed by atoms with Crippen LogP contribution in [0.5, 0.6) is 0 Å². The van der Waals surface area contributed by atoms with Crippen molar-refractivity contribution < 1.29 is 17.9 Å². The number of hydrogen-bond donors (Lipinski definition) is 1. The fraction of sp³-hybridized carbons (Fsp3) is 0.458. The number of hydrogen-bond acceptors (Lipinski definition) is 5. The van der Waals surface area contributed by atoms with Crippen LogP contribution in [0, 0.1) is 6.92 Å². The lowest BCUT2D eigenvalue weighted by atomic mass is 10.1. The molecule has 2 aliphatic rings. The van der Waals surface area contributed by atoms with E-state index in [1.54, 1.807) is 12.1 Å². The number of carbonyl (C=O) groups excluding carboxylic acids is 1. The van der Waals surface area contributed by atoms with Crippen LogP contribution in [0.1, 0.15) is 30.4 Å². The molecule has 2 saturated heterocycles. The quantitative estimate of drug-likeness (QED) is 0.721. The van der Waals surface area contributed by atoms with E-state index in [2.05, 4.69) is 10.2 Å². The second kappa shape index (κ2) is 10.0. The first-order valence-corrected chi connectivity index (χ1v) is 12.7. The molecular formula is C24H31N3O4S. The van der Waals surface area contributed by atoms with E-state index in [4.69, 9.17) is 4.74 Å². The van der Waals surface area contributed by atoms with Gasteiger partial charge < -0.3 is 15.0 Å². The van der Waals surface area contributed by atoms with E-state index in [0.29, 0.717) is 32.0 Å². The minimum absolute atomic E-state index is 0.159. The number of anilines is 2. The van der Waals surface area contributed by atoms with Gasteiger partial charge in [0.05, 0.1) is 35.9 Å². The zero-order chi connectivity index (χ0) is 22.6. The summed E-state index contributed by atoms with van der Waals surface area (Å²) < 4.78 is 33.1. The van der Waals surface area contributed by atoms with Crippen LogP contribution in [0.4, 0.5) is 11.4 Å². The first-order valence-electron chi connectivity index (χ1n) is 11.3. The molecule has 0 spiro atoms. The highest BCUT2D eigenvalue weighted by Gasteiger charge is 2.28. The number of aryl methyl sites for hydroxylation is 1. The van der Waals surface area contributed by atoms with Crippen LogP contribution in [-0.4, -0.2) is 58.0 Å². The topological polar surface area (TPSA) is 79.0 Å². The summed E-state index contributed by atoms with van der Waals surface area (Å²) in [5, 5.41) is 3.00. The van der Waals surface area contributed by atoms with Gasteiger partial charge in [-0.25, -0.2) is 8.42 Å². The standard InChI is InChI=1S/C24H31N3O4S/c1-19-5-7-20(8-6-19)17-24(28)25-22-18-21(32(29,30)27-13-15-31-16-14-27)9-10-23(22)26-11-3-2-4-12-26/h5-10,18H,2-4,11-17H2,1H3,(H,25,28). The van der Waals surface area contributed by atoms with E-state index in [9.17, 15) is 13.2 Å². The highest BCUT2D eigenvalue weighted by molar-refractivity contribution is 7.89. The Morgan fingerprint density at radius 1 is 0.969 bits per heavy atom. The van der Waals surface area contributed by atoms with Gasteiger partial charge in [0.25, 0.3) is 0 Å². The zero-order valence-corrected chi connectivity index (χ0v) is 19.4. The van der Waals surface area contributed by atoms with E-state index in [0.717, 1.165) is 42.7 Å². The summed E-state index contributed by atoms with van der Waals surface area (Å²) in [5.74, 6) is -0.159. The number of morpholine rings is 1. The molecule has 1 amide bonds. The van der Waals surface area contributed by atoms with Crippen LogP contribution in [0.2, 0.25) is 0 Å². The second-order valence-corrected chi connectivity index (χ2v) is 10.4. The molecule has 1 N–H and O–H groups in total. The maximum Gasteiger partial charge on any atom is 0.243 e. The Hall–Kier alpha value is -2.42. The SMILES string of the molecule is Cc1ccc(CC(=O)Nc2cc(S(=O)(=O)N3CCOCC3)ccc2N2CCCCC2)cc1. The summed E-state index contributed by atoms with van der Waals surface area (Å²) in [5.41, 5.74) is 3.49. The summed E-state index contributed by atoms with van der Waals surface area (Å²) in [6, 6.07) is 13.0. The Morgan fingerprint density at radius 3 is 2.34 bits per heavy atom. The van der Waals surface area contributed by atoms with Crippen LogP contribution in [0.15, 0.2) is 47.4 Å². The van der Waals surface area contributed by atoms with Crippen molar-refractivity contribution in [3.63, 3.8) is 0 Å². The Morgan fingerprint density at radius 2 is 1.66 bits per heavy atom. The van der Waals surface area contributed by atoms with Crippen molar-refractivity contribution in [3.05, 3.63) is 53.6 Å². The van der Waals surface area contributed by atoms with E-state index in [1.807, 2.05) is 37.3 Å². The summed E-state index contributed by atoms with van der Waals surface area (Å²) in [4.78, 5) is 15.3. The number of carbonyl (C=O) groups is 1. The van der Waals surface area contributed by atoms with Gasteiger partial charge in [-0.1, -0.05) is 29.8 Å². The van der Waals surface area contributed by atoms with Gasteiger partial charge >= 0.3 is 0 Å². The molecule has 0 aromatic heterocycles. The van der Waals surface area contributed by atoms with Crippen LogP contribution in [0.25, 0.3) is 0 Å². The molecule has 0 atom stereocenters. The second-order valence-electron chi connectivity index (χ2n) is 8.45. The summed E-state index contributed by atoms with van der Waals surface area (Å²) >= 11 is 0. The maximum atomic E-state index is 13.2. The van der Waals surface area contributed by atoms with Crippen LogP contribution in [-0.2, 0) is 26.0 Å². The Labute approximate surface area is 190 Å². The van der Waals surface area contributed by atoms with E-state index in [-0.39, 0.29) is 17.2 Å². The lowest BCUT2D eigenvalue weighted by Crippen LogP contribution is -2.40. The third-order valence-electron chi connectivity index (χ3n) is 6.03. The fourth-order valence-electron chi connectivity index (χ4n) is 4.21. The lowest BCUT2D eigenvalue weighted by molar-refractivity contribution is -0.115. The predicted octanol–water partition coefficient (Wildman–Crippen LogP) is 3.19. The van der Waals surface area contributed by atoms with Gasteiger partial charge in [-0.2, -0.15) is 4.31 Å². The minimum atomic E-state index is -3.65. The molecule has 2 fully saturated rings. The van der Waals surface area contributed by atoms with Crippen molar-refractivity contribution in [2.75, 3.05) is 49.6 Å². The molecule has 2 heterocycles. The molecule has 0 radical (unpaired) electrons. The van der Waals surface area contributed by atoms with Crippen LogP contribution in [0.3, 0.4) is 0 Å². The van der Waals surface area contributed by atoms with Gasteiger partial charge in [0.15, 0.2) is 0 Å². The highest BCUT2D eigenvalue weighted by Crippen LogP contribution is 2.32. The average molecular weight is 458 g/mol. The molecule has 0 bridgehead atoms. The molecular weight excluding hydrogens is 426 g/mol. The van der Waals surface area contributed by atoms with Crippen LogP contribution < -0.4 is 10.2 Å². The molecule has 8 heteroatoms. The average Bonchev–Trinajstić information content (AvgIpc) is 2.81. The highest BCUT2D eigenvalue weighted by atomic mass is 32.2. The number of sulfonamides is 1. The molecule has 2 aliphatic heterocycles. The number of nitrogens with zero attached hydrogens (tertiary/aromatic N) is 2. The van der Waals surface area contributed by atoms with Gasteiger partial charge in [0.1, 0.15) is 0 Å². The Balaban J connectivity index is 1.61. The van der Waals surface area contributed by atoms with Gasteiger partial charge in [-0.05, 0) is 49.9 Å². The van der Waals surface area contributed by atoms with Crippen molar-refractivity contribution in [1.82, 2.24) is 4.31 Å². The minimum Gasteiger partial charge on any atom is -0.379 e. The predicted molar refractivity (Wildman–Crippen MR) is 126 cm³/mol. The zero-order valence-electron chi connectivity index (χ0n) is 18.5. The summed E-state index contributed by atoms with van der Waals surface area (Å²) in [7, 11) is -3.65. The normalized spacial score (nSPS) is 17.8. The molecule has 0 saturated carbocycles. The largest absolute Gasteiger partial charge is 0.379 e. The Bertz CT molecular complexity index is 1040. The molecule has 4 rings (SSSR count). The van der Waals surface area contributed by atoms with Crippen molar-refractivity contribution >= 4 is 27.3 Å². The lowest BCUT2D eigenvalue weighted by Gasteiger charge is -2.31. The molecule has 2 aromatic carbocycles. The third kappa shape index (κ3) is 5.31. The number of piperidine rings is 1. The van der Waals surface area contributed by atoms with Crippen molar-refractivity contribution in [3.8, 4) is 0 Å². The summed E-state index contributed by atoms with van der Waals surface area (Å²) in [6.07, 6.45) is 3.60. The molecule has 32 heavy (non-hydrogen) atoms.